The van der Waals surface area contributed by atoms with Crippen LogP contribution in [0.2, 0.25) is 0 Å². The van der Waals surface area contributed by atoms with E-state index in [0.717, 1.165) is 0 Å². The molecule has 1 aromatic rings. The van der Waals surface area contributed by atoms with Crippen LogP contribution in [0.15, 0.2) is 18.2 Å². The average molecular weight is 267 g/mol. The molecule has 0 saturated carbocycles. The molecule has 0 aliphatic rings. The average Bonchev–Trinajstić information content (AvgIpc) is 2.43. The minimum atomic E-state index is -0.289. The SMILES string of the molecule is COc1ccc(OC)c(C(=O)NC(CO)C(C)C)c1. The van der Waals surface area contributed by atoms with Crippen molar-refractivity contribution in [3.63, 3.8) is 0 Å². The van der Waals surface area contributed by atoms with Crippen LogP contribution in [0, 0.1) is 5.92 Å². The van der Waals surface area contributed by atoms with Crippen LogP contribution in [0.4, 0.5) is 0 Å². The zero-order valence-corrected chi connectivity index (χ0v) is 11.8. The van der Waals surface area contributed by atoms with Gasteiger partial charge in [-0.25, -0.2) is 0 Å². The minimum absolute atomic E-state index is 0.101. The number of hydrogen-bond donors (Lipinski definition) is 2. The lowest BCUT2D eigenvalue weighted by Gasteiger charge is -2.20. The maximum atomic E-state index is 12.2. The molecular weight excluding hydrogens is 246 g/mol. The van der Waals surface area contributed by atoms with E-state index in [1.807, 2.05) is 13.8 Å². The molecule has 1 amide bonds. The molecule has 0 saturated heterocycles. The van der Waals surface area contributed by atoms with Gasteiger partial charge < -0.3 is 19.9 Å². The van der Waals surface area contributed by atoms with Gasteiger partial charge in [0.1, 0.15) is 11.5 Å². The van der Waals surface area contributed by atoms with E-state index in [4.69, 9.17) is 9.47 Å². The van der Waals surface area contributed by atoms with Gasteiger partial charge in [-0.1, -0.05) is 13.8 Å². The normalized spacial score (nSPS) is 12.1. The summed E-state index contributed by atoms with van der Waals surface area (Å²) in [6.07, 6.45) is 0. The van der Waals surface area contributed by atoms with Crippen molar-refractivity contribution in [3.8, 4) is 11.5 Å². The molecule has 0 heterocycles. The van der Waals surface area contributed by atoms with Gasteiger partial charge in [0.15, 0.2) is 0 Å². The Hall–Kier alpha value is -1.75. The standard InChI is InChI=1S/C14H21NO4/c1-9(2)12(8-16)15-14(17)11-7-10(18-3)5-6-13(11)19-4/h5-7,9,12,16H,8H2,1-4H3,(H,15,17). The number of aliphatic hydroxyl groups is 1. The number of ether oxygens (including phenoxy) is 2. The van der Waals surface area contributed by atoms with Crippen molar-refractivity contribution in [2.24, 2.45) is 5.92 Å². The molecule has 0 bridgehead atoms. The second kappa shape index (κ2) is 6.99. The van der Waals surface area contributed by atoms with Crippen molar-refractivity contribution in [3.05, 3.63) is 23.8 Å². The molecular formula is C14H21NO4. The van der Waals surface area contributed by atoms with Crippen LogP contribution in [-0.2, 0) is 0 Å². The number of benzene rings is 1. The Labute approximate surface area is 113 Å². The van der Waals surface area contributed by atoms with Gasteiger partial charge in [-0.05, 0) is 24.1 Å². The molecule has 106 valence electrons. The number of carbonyl (C=O) groups is 1. The Morgan fingerprint density at radius 3 is 2.47 bits per heavy atom. The number of carbonyl (C=O) groups excluding carboxylic acids is 1. The minimum Gasteiger partial charge on any atom is -0.497 e. The van der Waals surface area contributed by atoms with Gasteiger partial charge in [0.05, 0.1) is 32.4 Å². The largest absolute Gasteiger partial charge is 0.497 e. The third kappa shape index (κ3) is 3.86. The molecule has 0 aromatic heterocycles. The van der Waals surface area contributed by atoms with Gasteiger partial charge in [0, 0.05) is 0 Å². The van der Waals surface area contributed by atoms with E-state index >= 15 is 0 Å². The van der Waals surface area contributed by atoms with E-state index in [1.54, 1.807) is 18.2 Å². The lowest BCUT2D eigenvalue weighted by molar-refractivity contribution is 0.0893. The first-order chi connectivity index (χ1) is 9.03. The lowest BCUT2D eigenvalue weighted by atomic mass is 10.0. The van der Waals surface area contributed by atoms with Gasteiger partial charge >= 0.3 is 0 Å². The van der Waals surface area contributed by atoms with E-state index in [1.165, 1.54) is 14.2 Å². The van der Waals surface area contributed by atoms with Gasteiger partial charge in [-0.2, -0.15) is 0 Å². The molecule has 0 fully saturated rings. The summed E-state index contributed by atoms with van der Waals surface area (Å²) in [5.41, 5.74) is 0.390. The monoisotopic (exact) mass is 267 g/mol. The molecule has 0 spiro atoms. The number of amides is 1. The number of rotatable bonds is 6. The third-order valence-corrected chi connectivity index (χ3v) is 2.97. The van der Waals surface area contributed by atoms with Gasteiger partial charge in [-0.3, -0.25) is 4.79 Å². The predicted octanol–water partition coefficient (Wildman–Crippen LogP) is 1.45. The zero-order chi connectivity index (χ0) is 14.4. The van der Waals surface area contributed by atoms with Crippen LogP contribution in [0.5, 0.6) is 11.5 Å². The summed E-state index contributed by atoms with van der Waals surface area (Å²) in [4.78, 5) is 12.2. The highest BCUT2D eigenvalue weighted by Crippen LogP contribution is 2.24. The summed E-state index contributed by atoms with van der Waals surface area (Å²) in [5.74, 6) is 0.906. The number of nitrogens with one attached hydrogen (secondary N) is 1. The predicted molar refractivity (Wildman–Crippen MR) is 72.7 cm³/mol. The van der Waals surface area contributed by atoms with Gasteiger partial charge in [0.2, 0.25) is 0 Å². The van der Waals surface area contributed by atoms with Crippen LogP contribution >= 0.6 is 0 Å². The second-order valence-electron chi connectivity index (χ2n) is 4.57. The Morgan fingerprint density at radius 1 is 1.32 bits per heavy atom. The second-order valence-corrected chi connectivity index (χ2v) is 4.57. The molecule has 0 aliphatic heterocycles. The maximum absolute atomic E-state index is 12.2. The van der Waals surface area contributed by atoms with Gasteiger partial charge in [0.25, 0.3) is 5.91 Å². The maximum Gasteiger partial charge on any atom is 0.255 e. The summed E-state index contributed by atoms with van der Waals surface area (Å²) < 4.78 is 10.3. The summed E-state index contributed by atoms with van der Waals surface area (Å²) in [6, 6.07) is 4.73. The highest BCUT2D eigenvalue weighted by molar-refractivity contribution is 5.97. The van der Waals surface area contributed by atoms with Crippen LogP contribution < -0.4 is 14.8 Å². The molecule has 1 atom stereocenters. The topological polar surface area (TPSA) is 67.8 Å². The Morgan fingerprint density at radius 2 is 2.00 bits per heavy atom. The number of hydrogen-bond acceptors (Lipinski definition) is 4. The molecule has 1 rings (SSSR count). The Balaban J connectivity index is 2.97. The number of aliphatic hydroxyl groups excluding tert-OH is 1. The first-order valence-electron chi connectivity index (χ1n) is 6.17. The van der Waals surface area contributed by atoms with Crippen LogP contribution in [-0.4, -0.2) is 37.9 Å². The van der Waals surface area contributed by atoms with E-state index in [2.05, 4.69) is 5.32 Å². The van der Waals surface area contributed by atoms with Crippen molar-refractivity contribution in [1.82, 2.24) is 5.32 Å². The van der Waals surface area contributed by atoms with Gasteiger partial charge in [-0.15, -0.1) is 0 Å². The summed E-state index contributed by atoms with van der Waals surface area (Å²) in [6.45, 7) is 3.77. The fraction of sp³-hybridized carbons (Fsp3) is 0.500. The Bertz CT molecular complexity index is 431. The van der Waals surface area contributed by atoms with Crippen molar-refractivity contribution >= 4 is 5.91 Å². The molecule has 0 radical (unpaired) electrons. The molecule has 0 aliphatic carbocycles. The molecule has 2 N–H and O–H groups in total. The number of methoxy groups -OCH3 is 2. The Kier molecular flexibility index (Phi) is 5.63. The quantitative estimate of drug-likeness (QED) is 0.818. The van der Waals surface area contributed by atoms with Crippen molar-refractivity contribution < 1.29 is 19.4 Å². The molecule has 1 unspecified atom stereocenters. The highest BCUT2D eigenvalue weighted by atomic mass is 16.5. The van der Waals surface area contributed by atoms with Crippen LogP contribution in [0.1, 0.15) is 24.2 Å². The van der Waals surface area contributed by atoms with E-state index < -0.39 is 0 Å². The fourth-order valence-corrected chi connectivity index (χ4v) is 1.66. The van der Waals surface area contributed by atoms with E-state index in [9.17, 15) is 9.90 Å². The van der Waals surface area contributed by atoms with Crippen molar-refractivity contribution in [1.29, 1.82) is 0 Å². The summed E-state index contributed by atoms with van der Waals surface area (Å²) in [7, 11) is 3.04. The molecule has 1 aromatic carbocycles. The van der Waals surface area contributed by atoms with Crippen molar-refractivity contribution in [2.75, 3.05) is 20.8 Å². The first kappa shape index (κ1) is 15.3. The third-order valence-electron chi connectivity index (χ3n) is 2.97. The summed E-state index contributed by atoms with van der Waals surface area (Å²) >= 11 is 0. The molecule has 19 heavy (non-hydrogen) atoms. The van der Waals surface area contributed by atoms with Crippen LogP contribution in [0.25, 0.3) is 0 Å². The summed E-state index contributed by atoms with van der Waals surface area (Å²) in [5, 5.41) is 12.0. The lowest BCUT2D eigenvalue weighted by Crippen LogP contribution is -2.41. The smallest absolute Gasteiger partial charge is 0.255 e. The van der Waals surface area contributed by atoms with Crippen molar-refractivity contribution in [2.45, 2.75) is 19.9 Å². The van der Waals surface area contributed by atoms with Crippen LogP contribution in [0.3, 0.4) is 0 Å². The molecule has 5 heteroatoms. The van der Waals surface area contributed by atoms with E-state index in [-0.39, 0.29) is 24.5 Å². The first-order valence-corrected chi connectivity index (χ1v) is 6.17. The van der Waals surface area contributed by atoms with E-state index in [0.29, 0.717) is 17.1 Å². The zero-order valence-electron chi connectivity index (χ0n) is 11.8. The fourth-order valence-electron chi connectivity index (χ4n) is 1.66. The highest BCUT2D eigenvalue weighted by Gasteiger charge is 2.19. The molecule has 5 nitrogen and oxygen atoms in total.